The zero-order valence-electron chi connectivity index (χ0n) is 7.17. The van der Waals surface area contributed by atoms with Crippen molar-refractivity contribution in [3.8, 4) is 0 Å². The fourth-order valence-corrected chi connectivity index (χ4v) is 2.85. The molecule has 0 heterocycles. The molecule has 0 unspecified atom stereocenters. The van der Waals surface area contributed by atoms with E-state index in [-0.39, 0.29) is 5.41 Å². The van der Waals surface area contributed by atoms with Gasteiger partial charge in [-0.1, -0.05) is 13.8 Å². The van der Waals surface area contributed by atoms with E-state index in [1.54, 1.807) is 0 Å². The second-order valence-electron chi connectivity index (χ2n) is 4.77. The summed E-state index contributed by atoms with van der Waals surface area (Å²) in [7, 11) is 0. The minimum absolute atomic E-state index is 0.0625. The summed E-state index contributed by atoms with van der Waals surface area (Å²) in [5, 5.41) is 19.7. The number of aliphatic hydroxyl groups excluding tert-OH is 1. The molecule has 2 nitrogen and oxygen atoms in total. The maximum atomic E-state index is 9.90. The van der Waals surface area contributed by atoms with Gasteiger partial charge in [-0.25, -0.2) is 0 Å². The maximum Gasteiger partial charge on any atom is 0.0913 e. The van der Waals surface area contributed by atoms with Crippen LogP contribution in [0, 0.1) is 11.3 Å². The van der Waals surface area contributed by atoms with Crippen molar-refractivity contribution in [1.29, 1.82) is 0 Å². The van der Waals surface area contributed by atoms with Crippen LogP contribution in [0.15, 0.2) is 0 Å². The summed E-state index contributed by atoms with van der Waals surface area (Å²) >= 11 is 0. The van der Waals surface area contributed by atoms with Crippen molar-refractivity contribution in [2.75, 3.05) is 0 Å². The van der Waals surface area contributed by atoms with Gasteiger partial charge in [-0.05, 0) is 30.6 Å². The van der Waals surface area contributed by atoms with Crippen LogP contribution in [0.2, 0.25) is 0 Å². The Hall–Kier alpha value is -0.0800. The third kappa shape index (κ3) is 0.744. The minimum Gasteiger partial charge on any atom is -0.390 e. The molecule has 2 saturated carbocycles. The van der Waals surface area contributed by atoms with Crippen LogP contribution in [0.1, 0.15) is 33.1 Å². The van der Waals surface area contributed by atoms with E-state index in [0.29, 0.717) is 5.92 Å². The average Bonchev–Trinajstić information content (AvgIpc) is 2.36. The Morgan fingerprint density at radius 3 is 2.27 bits per heavy atom. The van der Waals surface area contributed by atoms with Gasteiger partial charge in [0.25, 0.3) is 0 Å². The lowest BCUT2D eigenvalue weighted by Gasteiger charge is -2.37. The molecule has 0 aromatic carbocycles. The van der Waals surface area contributed by atoms with E-state index in [2.05, 4.69) is 13.8 Å². The van der Waals surface area contributed by atoms with Gasteiger partial charge in [-0.2, -0.15) is 0 Å². The Morgan fingerprint density at radius 2 is 2.00 bits per heavy atom. The second kappa shape index (κ2) is 1.80. The number of aliphatic hydroxyl groups is 2. The number of hydrogen-bond acceptors (Lipinski definition) is 2. The number of hydrogen-bond donors (Lipinski definition) is 2. The van der Waals surface area contributed by atoms with Gasteiger partial charge in [0.2, 0.25) is 0 Å². The normalized spacial score (nSPS) is 53.5. The SMILES string of the molecule is CC1(C)[C@@H]2CC[C@@](O)(C2)[C@@H]1O. The van der Waals surface area contributed by atoms with Gasteiger partial charge in [-0.15, -0.1) is 0 Å². The fraction of sp³-hybridized carbons (Fsp3) is 1.00. The predicted octanol–water partition coefficient (Wildman–Crippen LogP) is 0.918. The molecule has 0 aliphatic heterocycles. The summed E-state index contributed by atoms with van der Waals surface area (Å²) in [6, 6.07) is 0. The van der Waals surface area contributed by atoms with E-state index >= 15 is 0 Å². The van der Waals surface area contributed by atoms with E-state index in [1.165, 1.54) is 0 Å². The number of fused-ring (bicyclic) bond motifs is 2. The van der Waals surface area contributed by atoms with Gasteiger partial charge >= 0.3 is 0 Å². The highest BCUT2D eigenvalue weighted by molar-refractivity contribution is 5.11. The summed E-state index contributed by atoms with van der Waals surface area (Å²) < 4.78 is 0. The largest absolute Gasteiger partial charge is 0.390 e. The van der Waals surface area contributed by atoms with Crippen LogP contribution < -0.4 is 0 Å². The summed E-state index contributed by atoms with van der Waals surface area (Å²) in [6.45, 7) is 4.11. The second-order valence-corrected chi connectivity index (χ2v) is 4.77. The summed E-state index contributed by atoms with van der Waals surface area (Å²) in [5.74, 6) is 0.530. The molecule has 2 aliphatic rings. The first-order valence-electron chi connectivity index (χ1n) is 4.37. The molecule has 2 aliphatic carbocycles. The lowest BCUT2D eigenvalue weighted by molar-refractivity contribution is -0.102. The van der Waals surface area contributed by atoms with Crippen molar-refractivity contribution in [2.24, 2.45) is 11.3 Å². The Kier molecular flexibility index (Phi) is 1.24. The Morgan fingerprint density at radius 1 is 1.36 bits per heavy atom. The van der Waals surface area contributed by atoms with Crippen LogP contribution in [-0.2, 0) is 0 Å². The van der Waals surface area contributed by atoms with Crippen LogP contribution in [0.3, 0.4) is 0 Å². The number of rotatable bonds is 0. The van der Waals surface area contributed by atoms with Gasteiger partial charge in [0.15, 0.2) is 0 Å². The zero-order valence-corrected chi connectivity index (χ0v) is 7.17. The van der Waals surface area contributed by atoms with Crippen molar-refractivity contribution in [2.45, 2.75) is 44.8 Å². The molecule has 11 heavy (non-hydrogen) atoms. The smallest absolute Gasteiger partial charge is 0.0913 e. The Labute approximate surface area is 67.2 Å². The fourth-order valence-electron chi connectivity index (χ4n) is 2.85. The minimum atomic E-state index is -0.742. The highest BCUT2D eigenvalue weighted by Gasteiger charge is 2.60. The Balaban J connectivity index is 2.34. The van der Waals surface area contributed by atoms with Crippen LogP contribution in [-0.4, -0.2) is 21.9 Å². The van der Waals surface area contributed by atoms with Crippen molar-refractivity contribution < 1.29 is 10.2 Å². The third-order valence-electron chi connectivity index (χ3n) is 3.79. The van der Waals surface area contributed by atoms with Crippen LogP contribution in [0.25, 0.3) is 0 Å². The standard InChI is InChI=1S/C9H16O2/c1-8(2)6-3-4-9(11,5-6)7(8)10/h6-7,10-11H,3-5H2,1-2H3/t6-,7-,9-/m1/s1. The van der Waals surface area contributed by atoms with Gasteiger partial charge in [0.1, 0.15) is 0 Å². The van der Waals surface area contributed by atoms with Crippen molar-refractivity contribution >= 4 is 0 Å². The molecule has 0 spiro atoms. The van der Waals surface area contributed by atoms with E-state index < -0.39 is 11.7 Å². The van der Waals surface area contributed by atoms with Crippen molar-refractivity contribution in [1.82, 2.24) is 0 Å². The Bertz CT molecular complexity index is 183. The maximum absolute atomic E-state index is 9.90. The first kappa shape index (κ1) is 7.56. The van der Waals surface area contributed by atoms with Gasteiger partial charge < -0.3 is 10.2 Å². The van der Waals surface area contributed by atoms with Gasteiger partial charge in [0, 0.05) is 0 Å². The molecule has 3 atom stereocenters. The van der Waals surface area contributed by atoms with Crippen molar-refractivity contribution in [3.05, 3.63) is 0 Å². The highest BCUT2D eigenvalue weighted by Crippen LogP contribution is 2.57. The molecule has 2 rings (SSSR count). The molecule has 64 valence electrons. The summed E-state index contributed by atoms with van der Waals surface area (Å²) in [4.78, 5) is 0. The molecule has 0 saturated heterocycles. The summed E-state index contributed by atoms with van der Waals surface area (Å²) in [5.41, 5.74) is -0.804. The molecule has 2 heteroatoms. The topological polar surface area (TPSA) is 40.5 Å². The molecule has 0 aromatic rings. The molecule has 2 N–H and O–H groups in total. The van der Waals surface area contributed by atoms with Crippen LogP contribution in [0.5, 0.6) is 0 Å². The van der Waals surface area contributed by atoms with Gasteiger partial charge in [0.05, 0.1) is 11.7 Å². The van der Waals surface area contributed by atoms with Crippen LogP contribution in [0.4, 0.5) is 0 Å². The molecular formula is C9H16O2. The summed E-state index contributed by atoms with van der Waals surface area (Å²) in [6.07, 6.45) is 2.18. The quantitative estimate of drug-likeness (QED) is 0.547. The molecular weight excluding hydrogens is 140 g/mol. The van der Waals surface area contributed by atoms with E-state index in [4.69, 9.17) is 0 Å². The van der Waals surface area contributed by atoms with E-state index in [0.717, 1.165) is 19.3 Å². The highest BCUT2D eigenvalue weighted by atomic mass is 16.3. The van der Waals surface area contributed by atoms with Gasteiger partial charge in [-0.3, -0.25) is 0 Å². The molecule has 0 radical (unpaired) electrons. The predicted molar refractivity (Wildman–Crippen MR) is 42.1 cm³/mol. The first-order chi connectivity index (χ1) is 4.97. The lowest BCUT2D eigenvalue weighted by Crippen LogP contribution is -2.45. The zero-order chi connectivity index (χ0) is 8.28. The van der Waals surface area contributed by atoms with E-state index in [1.807, 2.05) is 0 Å². The first-order valence-corrected chi connectivity index (χ1v) is 4.37. The molecule has 2 fully saturated rings. The molecule has 0 amide bonds. The van der Waals surface area contributed by atoms with Crippen molar-refractivity contribution in [3.63, 3.8) is 0 Å². The molecule has 0 aromatic heterocycles. The lowest BCUT2D eigenvalue weighted by atomic mass is 9.73. The average molecular weight is 156 g/mol. The van der Waals surface area contributed by atoms with Crippen LogP contribution >= 0.6 is 0 Å². The third-order valence-corrected chi connectivity index (χ3v) is 3.79. The van der Waals surface area contributed by atoms with E-state index in [9.17, 15) is 10.2 Å². The monoisotopic (exact) mass is 156 g/mol. The molecule has 2 bridgehead atoms.